The van der Waals surface area contributed by atoms with Crippen molar-refractivity contribution in [3.8, 4) is 0 Å². The summed E-state index contributed by atoms with van der Waals surface area (Å²) in [7, 11) is 0. The Morgan fingerprint density at radius 1 is 1.50 bits per heavy atom. The van der Waals surface area contributed by atoms with Gasteiger partial charge in [-0.2, -0.15) is 0 Å². The molecule has 0 saturated heterocycles. The second-order valence-electron chi connectivity index (χ2n) is 3.24. The van der Waals surface area contributed by atoms with Crippen molar-refractivity contribution in [1.82, 2.24) is 5.32 Å². The molecular formula is C10H12IN. The van der Waals surface area contributed by atoms with E-state index in [4.69, 9.17) is 0 Å². The Hall–Kier alpha value is -0.0900. The van der Waals surface area contributed by atoms with E-state index in [0.717, 1.165) is 6.54 Å². The highest BCUT2D eigenvalue weighted by molar-refractivity contribution is 14.1. The van der Waals surface area contributed by atoms with E-state index < -0.39 is 0 Å². The first kappa shape index (κ1) is 8.51. The maximum Gasteiger partial charge on any atom is 0.0305 e. The predicted molar refractivity (Wildman–Crippen MR) is 59.3 cm³/mol. The fourth-order valence-corrected chi connectivity index (χ4v) is 2.83. The molecule has 2 heteroatoms. The van der Waals surface area contributed by atoms with Gasteiger partial charge in [-0.25, -0.2) is 0 Å². The molecule has 0 saturated carbocycles. The Morgan fingerprint density at radius 2 is 2.33 bits per heavy atom. The molecule has 0 fully saturated rings. The van der Waals surface area contributed by atoms with Gasteiger partial charge in [0, 0.05) is 9.61 Å². The zero-order valence-electron chi connectivity index (χ0n) is 7.10. The Morgan fingerprint density at radius 3 is 3.08 bits per heavy atom. The summed E-state index contributed by atoms with van der Waals surface area (Å²) in [5.74, 6) is 0. The van der Waals surface area contributed by atoms with Crippen LogP contribution in [0.25, 0.3) is 0 Å². The molecule has 0 aliphatic carbocycles. The molecule has 1 nitrogen and oxygen atoms in total. The molecule has 1 aromatic carbocycles. The second kappa shape index (κ2) is 3.34. The summed E-state index contributed by atoms with van der Waals surface area (Å²) in [6.07, 6.45) is 1.18. The minimum Gasteiger partial charge on any atom is -0.310 e. The zero-order chi connectivity index (χ0) is 8.55. The van der Waals surface area contributed by atoms with E-state index in [-0.39, 0.29) is 0 Å². The fraction of sp³-hybridized carbons (Fsp3) is 0.400. The summed E-state index contributed by atoms with van der Waals surface area (Å²) < 4.78 is 1.39. The minimum atomic E-state index is 0.529. The SMILES string of the molecule is C[C@H]1NCCc2cccc(I)c21. The highest BCUT2D eigenvalue weighted by Gasteiger charge is 2.17. The maximum absolute atomic E-state index is 3.47. The van der Waals surface area contributed by atoms with E-state index in [1.54, 1.807) is 0 Å². The van der Waals surface area contributed by atoms with Gasteiger partial charge in [0.25, 0.3) is 0 Å². The van der Waals surface area contributed by atoms with Crippen molar-refractivity contribution in [1.29, 1.82) is 0 Å². The fourth-order valence-electron chi connectivity index (χ4n) is 1.81. The molecule has 1 heterocycles. The average Bonchev–Trinajstić information content (AvgIpc) is 2.04. The van der Waals surface area contributed by atoms with Gasteiger partial charge in [0.15, 0.2) is 0 Å². The molecule has 64 valence electrons. The van der Waals surface area contributed by atoms with Gasteiger partial charge in [-0.05, 0) is 59.7 Å². The van der Waals surface area contributed by atoms with Gasteiger partial charge in [0.2, 0.25) is 0 Å². The van der Waals surface area contributed by atoms with E-state index in [9.17, 15) is 0 Å². The van der Waals surface area contributed by atoms with Crippen molar-refractivity contribution < 1.29 is 0 Å². The first-order valence-electron chi connectivity index (χ1n) is 4.29. The quantitative estimate of drug-likeness (QED) is 0.716. The second-order valence-corrected chi connectivity index (χ2v) is 4.40. The highest BCUT2D eigenvalue weighted by atomic mass is 127. The Balaban J connectivity index is 2.53. The summed E-state index contributed by atoms with van der Waals surface area (Å²) in [5.41, 5.74) is 3.03. The van der Waals surface area contributed by atoms with Crippen molar-refractivity contribution in [2.45, 2.75) is 19.4 Å². The van der Waals surface area contributed by atoms with Gasteiger partial charge >= 0.3 is 0 Å². The van der Waals surface area contributed by atoms with Crippen LogP contribution in [0.15, 0.2) is 18.2 Å². The number of nitrogens with one attached hydrogen (secondary N) is 1. The maximum atomic E-state index is 3.47. The van der Waals surface area contributed by atoms with E-state index in [0.29, 0.717) is 6.04 Å². The van der Waals surface area contributed by atoms with Gasteiger partial charge in [-0.3, -0.25) is 0 Å². The zero-order valence-corrected chi connectivity index (χ0v) is 9.26. The highest BCUT2D eigenvalue weighted by Crippen LogP contribution is 2.26. The molecule has 1 aromatic rings. The lowest BCUT2D eigenvalue weighted by atomic mass is 9.96. The number of halogens is 1. The molecule has 12 heavy (non-hydrogen) atoms. The van der Waals surface area contributed by atoms with Crippen molar-refractivity contribution in [3.05, 3.63) is 32.9 Å². The topological polar surface area (TPSA) is 12.0 Å². The molecule has 1 aliphatic rings. The predicted octanol–water partition coefficient (Wildman–Crippen LogP) is 2.50. The minimum absolute atomic E-state index is 0.529. The third-order valence-electron chi connectivity index (χ3n) is 2.42. The van der Waals surface area contributed by atoms with Crippen molar-refractivity contribution in [2.75, 3.05) is 6.54 Å². The van der Waals surface area contributed by atoms with E-state index >= 15 is 0 Å². The molecule has 1 atom stereocenters. The van der Waals surface area contributed by atoms with Gasteiger partial charge in [0.1, 0.15) is 0 Å². The normalized spacial score (nSPS) is 22.0. The van der Waals surface area contributed by atoms with Crippen LogP contribution in [0.1, 0.15) is 24.1 Å². The lowest BCUT2D eigenvalue weighted by Gasteiger charge is -2.24. The Labute approximate surface area is 86.7 Å². The smallest absolute Gasteiger partial charge is 0.0305 e. The van der Waals surface area contributed by atoms with Crippen LogP contribution in [-0.4, -0.2) is 6.54 Å². The lowest BCUT2D eigenvalue weighted by Crippen LogP contribution is -2.28. The summed E-state index contributed by atoms with van der Waals surface area (Å²) in [6.45, 7) is 3.36. The number of hydrogen-bond donors (Lipinski definition) is 1. The molecule has 0 spiro atoms. The molecule has 0 radical (unpaired) electrons. The van der Waals surface area contributed by atoms with Gasteiger partial charge < -0.3 is 5.32 Å². The van der Waals surface area contributed by atoms with Crippen LogP contribution < -0.4 is 5.32 Å². The van der Waals surface area contributed by atoms with E-state index in [2.05, 4.69) is 53.0 Å². The molecule has 1 aliphatic heterocycles. The lowest BCUT2D eigenvalue weighted by molar-refractivity contribution is 0.538. The van der Waals surface area contributed by atoms with Gasteiger partial charge in [0.05, 0.1) is 0 Å². The van der Waals surface area contributed by atoms with Gasteiger partial charge in [-0.15, -0.1) is 0 Å². The summed E-state index contributed by atoms with van der Waals surface area (Å²) >= 11 is 2.42. The molecule has 0 unspecified atom stereocenters. The number of fused-ring (bicyclic) bond motifs is 1. The van der Waals surface area contributed by atoms with Crippen molar-refractivity contribution >= 4 is 22.6 Å². The molecular weight excluding hydrogens is 261 g/mol. The van der Waals surface area contributed by atoms with Crippen LogP contribution >= 0.6 is 22.6 Å². The van der Waals surface area contributed by atoms with Crippen molar-refractivity contribution in [2.24, 2.45) is 0 Å². The van der Waals surface area contributed by atoms with E-state index in [1.807, 2.05) is 0 Å². The van der Waals surface area contributed by atoms with Crippen LogP contribution in [0.4, 0.5) is 0 Å². The molecule has 1 N–H and O–H groups in total. The summed E-state index contributed by atoms with van der Waals surface area (Å²) in [6, 6.07) is 7.11. The van der Waals surface area contributed by atoms with Crippen LogP contribution in [0, 0.1) is 3.57 Å². The number of hydrogen-bond acceptors (Lipinski definition) is 1. The van der Waals surface area contributed by atoms with Crippen LogP contribution in [0.3, 0.4) is 0 Å². The van der Waals surface area contributed by atoms with Crippen LogP contribution in [0.2, 0.25) is 0 Å². The molecule has 0 amide bonds. The van der Waals surface area contributed by atoms with Gasteiger partial charge in [-0.1, -0.05) is 12.1 Å². The standard InChI is InChI=1S/C10H12IN/c1-7-10-8(5-6-12-7)3-2-4-9(10)11/h2-4,7,12H,5-6H2,1H3/t7-/m1/s1. The van der Waals surface area contributed by atoms with Crippen molar-refractivity contribution in [3.63, 3.8) is 0 Å². The Kier molecular flexibility index (Phi) is 2.37. The van der Waals surface area contributed by atoms with Crippen LogP contribution in [-0.2, 0) is 6.42 Å². The average molecular weight is 273 g/mol. The molecule has 0 bridgehead atoms. The number of rotatable bonds is 0. The number of benzene rings is 1. The largest absolute Gasteiger partial charge is 0.310 e. The summed E-state index contributed by atoms with van der Waals surface area (Å²) in [5, 5.41) is 3.47. The first-order chi connectivity index (χ1) is 5.79. The van der Waals surface area contributed by atoms with E-state index in [1.165, 1.54) is 21.1 Å². The molecule has 0 aromatic heterocycles. The Bertz CT molecular complexity index is 296. The third kappa shape index (κ3) is 1.38. The summed E-state index contributed by atoms with van der Waals surface area (Å²) in [4.78, 5) is 0. The van der Waals surface area contributed by atoms with Crippen LogP contribution in [0.5, 0.6) is 0 Å². The third-order valence-corrected chi connectivity index (χ3v) is 3.36. The first-order valence-corrected chi connectivity index (χ1v) is 5.37. The monoisotopic (exact) mass is 273 g/mol. The molecule has 2 rings (SSSR count).